The van der Waals surface area contributed by atoms with Crippen molar-refractivity contribution in [3.63, 3.8) is 0 Å². The number of carboxylic acid groups (broad SMARTS) is 2. The maximum Gasteiger partial charge on any atom is 0.338 e. The van der Waals surface area contributed by atoms with E-state index in [-0.39, 0.29) is 33.6 Å². The van der Waals surface area contributed by atoms with Crippen LogP contribution < -0.4 is 9.80 Å². The third kappa shape index (κ3) is 8.40. The number of aromatic amines is 2. The molecule has 8 rings (SSSR count). The molecule has 0 radical (unpaired) electrons. The van der Waals surface area contributed by atoms with Gasteiger partial charge in [0.25, 0.3) is 0 Å². The largest absolute Gasteiger partial charge is 0.478 e. The Morgan fingerprint density at radius 3 is 1.61 bits per heavy atom. The van der Waals surface area contributed by atoms with Gasteiger partial charge in [0.2, 0.25) is 11.9 Å². The first-order valence-electron chi connectivity index (χ1n) is 17.7. The number of fused-ring (bicyclic) bond motifs is 4. The average Bonchev–Trinajstić information content (AvgIpc) is 3.79. The molecule has 0 fully saturated rings. The second-order valence-electron chi connectivity index (χ2n) is 13.3. The van der Waals surface area contributed by atoms with Crippen LogP contribution in [0.15, 0.2) is 87.2 Å². The summed E-state index contributed by atoms with van der Waals surface area (Å²) in [6, 6.07) is 17.9. The molecule has 0 atom stereocenters. The number of aromatic carboxylic acids is 2. The first-order chi connectivity index (χ1) is 26.6. The first kappa shape index (κ1) is 39.2. The molecule has 0 unspecified atom stereocenters. The van der Waals surface area contributed by atoms with Crippen LogP contribution in [-0.2, 0) is 29.3 Å². The van der Waals surface area contributed by atoms with Crippen LogP contribution in [0.3, 0.4) is 0 Å². The summed E-state index contributed by atoms with van der Waals surface area (Å²) in [4.78, 5) is 53.2. The van der Waals surface area contributed by atoms with Crippen LogP contribution in [0.2, 0.25) is 0 Å². The summed E-state index contributed by atoms with van der Waals surface area (Å²) in [7, 11) is 3.92. The summed E-state index contributed by atoms with van der Waals surface area (Å²) < 4.78 is 0. The van der Waals surface area contributed by atoms with Crippen LogP contribution in [0.1, 0.15) is 67.5 Å². The molecule has 4 heterocycles. The number of allylic oxidation sites excluding steroid dienone is 1. The van der Waals surface area contributed by atoms with Crippen molar-refractivity contribution in [1.29, 1.82) is 0 Å². The molecule has 6 aromatic rings. The van der Waals surface area contributed by atoms with Crippen molar-refractivity contribution in [2.75, 3.05) is 37.0 Å². The van der Waals surface area contributed by atoms with Gasteiger partial charge in [0.05, 0.1) is 33.2 Å². The third-order valence-electron chi connectivity index (χ3n) is 9.54. The van der Waals surface area contributed by atoms with E-state index in [1.165, 1.54) is 0 Å². The number of azo groups is 2. The summed E-state index contributed by atoms with van der Waals surface area (Å²) in [5.41, 5.74) is 9.45. The zero-order valence-electron chi connectivity index (χ0n) is 30.8. The minimum Gasteiger partial charge on any atom is -0.478 e. The van der Waals surface area contributed by atoms with Gasteiger partial charge in [-0.25, -0.2) is 19.6 Å². The van der Waals surface area contributed by atoms with Crippen LogP contribution in [0.5, 0.6) is 0 Å². The van der Waals surface area contributed by atoms with Crippen LogP contribution in [-0.4, -0.2) is 75.6 Å². The first-order valence-corrected chi connectivity index (χ1v) is 17.7. The molecule has 0 aliphatic carbocycles. The fraction of sp³-hybridized carbons (Fsp3) is 0.225. The van der Waals surface area contributed by atoms with Crippen LogP contribution in [0.25, 0.3) is 28.1 Å². The molecule has 4 aromatic carbocycles. The van der Waals surface area contributed by atoms with Crippen molar-refractivity contribution in [1.82, 2.24) is 19.9 Å². The number of imidazole rings is 2. The number of nitrogens with zero attached hydrogens (tertiary/aromatic N) is 8. The van der Waals surface area contributed by atoms with E-state index in [1.807, 2.05) is 57.4 Å². The van der Waals surface area contributed by atoms with E-state index in [0.29, 0.717) is 33.9 Å². The van der Waals surface area contributed by atoms with Crippen molar-refractivity contribution in [3.05, 3.63) is 100 Å². The molecule has 16 heteroatoms. The summed E-state index contributed by atoms with van der Waals surface area (Å²) in [6.45, 7) is 3.78. The zero-order valence-corrected chi connectivity index (χ0v) is 31.7. The number of carbonyl (C=O) groups is 3. The number of nitrogens with one attached hydrogen (secondary N) is 2. The average molecular weight is 798 g/mol. The quantitative estimate of drug-likeness (QED) is 0.0658. The number of H-pyrrole nitrogens is 2. The molecule has 2 aliphatic heterocycles. The van der Waals surface area contributed by atoms with Gasteiger partial charge < -0.3 is 30.0 Å². The number of benzene rings is 4. The molecule has 2 aromatic heterocycles. The number of aromatic nitrogens is 4. The number of anilines is 2. The Bertz CT molecular complexity index is 2560. The summed E-state index contributed by atoms with van der Waals surface area (Å²) >= 11 is 0. The Balaban J connectivity index is 0.000000187. The van der Waals surface area contributed by atoms with Gasteiger partial charge in [-0.2, -0.15) is 0 Å². The van der Waals surface area contributed by atoms with Gasteiger partial charge in [-0.15, -0.1) is 20.5 Å². The third-order valence-corrected chi connectivity index (χ3v) is 9.54. The van der Waals surface area contributed by atoms with Gasteiger partial charge in [-0.05, 0) is 104 Å². The topological polar surface area (TPSA) is 205 Å². The number of carboxylic acids is 2. The molecule has 0 saturated heterocycles. The van der Waals surface area contributed by atoms with E-state index >= 15 is 0 Å². The molecular formula is C40H38N10NiO5. The fourth-order valence-corrected chi connectivity index (χ4v) is 6.81. The predicted molar refractivity (Wildman–Crippen MR) is 211 cm³/mol. The molecular weight excluding hydrogens is 759 g/mol. The Morgan fingerprint density at radius 1 is 0.696 bits per heavy atom. The van der Waals surface area contributed by atoms with Crippen molar-refractivity contribution >= 4 is 81.0 Å². The second kappa shape index (κ2) is 16.9. The summed E-state index contributed by atoms with van der Waals surface area (Å²) in [6.07, 6.45) is 8.55. The molecule has 0 saturated carbocycles. The molecule has 15 nitrogen and oxygen atoms in total. The Kier molecular flexibility index (Phi) is 11.8. The van der Waals surface area contributed by atoms with Crippen molar-refractivity contribution < 1.29 is 41.1 Å². The maximum absolute atomic E-state index is 11.7. The number of rotatable bonds is 8. The van der Waals surface area contributed by atoms with Crippen LogP contribution in [0.4, 0.5) is 34.6 Å². The predicted octanol–water partition coefficient (Wildman–Crippen LogP) is 8.96. The number of hydrogen-bond donors (Lipinski definition) is 4. The van der Waals surface area contributed by atoms with Crippen molar-refractivity contribution in [3.8, 4) is 0 Å². The minimum absolute atomic E-state index is 0. The minimum atomic E-state index is -1.05. The van der Waals surface area contributed by atoms with E-state index in [0.717, 1.165) is 84.2 Å². The monoisotopic (exact) mass is 796 g/mol. The molecule has 56 heavy (non-hydrogen) atoms. The molecule has 288 valence electrons. The zero-order chi connectivity index (χ0) is 38.6. The normalized spacial score (nSPS) is 13.8. The number of aryl methyl sites for hydroxylation is 2. The van der Waals surface area contributed by atoms with Gasteiger partial charge in [-0.1, -0.05) is 18.2 Å². The second-order valence-corrected chi connectivity index (χ2v) is 13.3. The Morgan fingerprint density at radius 2 is 1.16 bits per heavy atom. The Labute approximate surface area is 331 Å². The fourth-order valence-electron chi connectivity index (χ4n) is 6.81. The van der Waals surface area contributed by atoms with Gasteiger partial charge in [0, 0.05) is 60.6 Å². The molecule has 4 N–H and O–H groups in total. The number of aldehydes is 1. The van der Waals surface area contributed by atoms with E-state index in [4.69, 9.17) is 0 Å². The SMILES string of the molecule is C/C=C/c1ccc2nc(N=Nc3cc4c(cc3C(=O)O)N(C)CCC4)[nH]c2c1.CN1CCCc2cc(N=Nc3nc4ccc(C=O)cc4[nH]3)c(C(=O)O)cc21.[Ni]. The summed E-state index contributed by atoms with van der Waals surface area (Å²) in [5.74, 6) is -1.47. The van der Waals surface area contributed by atoms with E-state index in [9.17, 15) is 24.6 Å². The standard InChI is InChI=1S/C21H21N5O2.C19H17N5O3.Ni/c1-3-5-13-7-8-16-18(10-13)23-21(22-16)25-24-17-11-14-6-4-9-26(2)19(14)12-15(17)20(27)28;1-24-6-2-3-12-8-15(13(18(26)27)9-17(12)24)22-23-19-20-14-5-4-11(10-25)7-16(14)21-19;/h3,5,7-8,10-12H,4,6,9H2,1-2H3,(H,22,23)(H,27,28);4-5,7-10H,2-3,6H2,1H3,(H,20,21)(H,26,27);/b5-3+,25-24?;;. The van der Waals surface area contributed by atoms with Crippen molar-refractivity contribution in [2.24, 2.45) is 20.5 Å². The summed E-state index contributed by atoms with van der Waals surface area (Å²) in [5, 5.41) is 35.7. The molecule has 0 spiro atoms. The van der Waals surface area contributed by atoms with Crippen molar-refractivity contribution in [2.45, 2.75) is 32.6 Å². The molecule has 2 aliphatic rings. The van der Waals surface area contributed by atoms with Gasteiger partial charge in [0.15, 0.2) is 0 Å². The smallest absolute Gasteiger partial charge is 0.338 e. The van der Waals surface area contributed by atoms with Crippen LogP contribution >= 0.6 is 0 Å². The maximum atomic E-state index is 11.7. The Hall–Kier alpha value is -6.54. The number of hydrogen-bond acceptors (Lipinski definition) is 11. The van der Waals surface area contributed by atoms with Crippen LogP contribution in [0, 0.1) is 0 Å². The van der Waals surface area contributed by atoms with Gasteiger partial charge >= 0.3 is 11.9 Å². The van der Waals surface area contributed by atoms with Gasteiger partial charge in [-0.3, -0.25) is 4.79 Å². The molecule has 0 amide bonds. The van der Waals surface area contributed by atoms with E-state index in [1.54, 1.807) is 36.4 Å². The van der Waals surface area contributed by atoms with E-state index in [2.05, 4.69) is 50.2 Å². The van der Waals surface area contributed by atoms with Gasteiger partial charge in [0.1, 0.15) is 17.7 Å². The molecule has 0 bridgehead atoms. The number of carbonyl (C=O) groups excluding carboxylic acids is 1. The van der Waals surface area contributed by atoms with E-state index < -0.39 is 11.9 Å².